The molecule has 0 saturated carbocycles. The number of carbonyl (C=O) groups excluding carboxylic acids is 2. The molecule has 3 aromatic rings. The molecule has 1 saturated heterocycles. The van der Waals surface area contributed by atoms with Crippen molar-refractivity contribution < 1.29 is 33.3 Å². The molecule has 2 heterocycles. The Morgan fingerprint density at radius 2 is 1.89 bits per heavy atom. The summed E-state index contributed by atoms with van der Waals surface area (Å²) in [6.45, 7) is 3.97. The van der Waals surface area contributed by atoms with E-state index >= 15 is 0 Å². The zero-order chi connectivity index (χ0) is 26.5. The number of aromatic nitrogens is 1. The van der Waals surface area contributed by atoms with Crippen molar-refractivity contribution in [1.29, 1.82) is 0 Å². The van der Waals surface area contributed by atoms with Crippen LogP contribution in [0.25, 0.3) is 10.9 Å². The number of hydrogen-bond donors (Lipinski definition) is 2. The van der Waals surface area contributed by atoms with Gasteiger partial charge in [0.15, 0.2) is 23.1 Å². The van der Waals surface area contributed by atoms with Gasteiger partial charge in [0.05, 0.1) is 24.4 Å². The van der Waals surface area contributed by atoms with Crippen molar-refractivity contribution in [1.82, 2.24) is 9.88 Å². The van der Waals surface area contributed by atoms with Crippen LogP contribution in [0.4, 0.5) is 14.9 Å². The summed E-state index contributed by atoms with van der Waals surface area (Å²) in [5.41, 5.74) is 5.78. The normalized spacial score (nSPS) is 14.4. The monoisotopic (exact) mass is 512 g/mol. The summed E-state index contributed by atoms with van der Waals surface area (Å²) in [7, 11) is 1.52. The van der Waals surface area contributed by atoms with E-state index in [1.54, 1.807) is 18.2 Å². The van der Waals surface area contributed by atoms with E-state index in [4.69, 9.17) is 19.9 Å². The van der Waals surface area contributed by atoms with E-state index in [2.05, 4.69) is 9.88 Å². The number of nitrogens with two attached hydrogens (primary N) is 1. The lowest BCUT2D eigenvalue weighted by atomic mass is 10.1. The third kappa shape index (κ3) is 6.07. The van der Waals surface area contributed by atoms with Crippen molar-refractivity contribution >= 4 is 28.5 Å². The van der Waals surface area contributed by atoms with Gasteiger partial charge in [0, 0.05) is 50.3 Å². The lowest BCUT2D eigenvalue weighted by Gasteiger charge is -2.29. The Morgan fingerprint density at radius 1 is 1.14 bits per heavy atom. The van der Waals surface area contributed by atoms with Crippen molar-refractivity contribution in [3.63, 3.8) is 0 Å². The minimum Gasteiger partial charge on any atom is -0.493 e. The number of methoxy groups -OCH3 is 1. The van der Waals surface area contributed by atoms with Crippen LogP contribution in [-0.2, 0) is 4.79 Å². The number of aliphatic hydroxyl groups is 1. The smallest absolute Gasteiger partial charge is 0.326 e. The molecule has 1 aliphatic rings. The fourth-order valence-electron chi connectivity index (χ4n) is 4.21. The third-order valence-electron chi connectivity index (χ3n) is 6.14. The number of carbonyl (C=O) groups is 2. The molecule has 3 N–H and O–H groups in total. The second-order valence-corrected chi connectivity index (χ2v) is 8.66. The molecule has 1 aliphatic heterocycles. The number of aliphatic hydroxyl groups excluding tert-OH is 1. The number of primary amides is 1. The van der Waals surface area contributed by atoms with E-state index in [1.165, 1.54) is 25.4 Å². The van der Waals surface area contributed by atoms with Gasteiger partial charge in [0.25, 0.3) is 0 Å². The zero-order valence-electron chi connectivity index (χ0n) is 20.6. The van der Waals surface area contributed by atoms with Crippen LogP contribution in [-0.4, -0.2) is 66.4 Å². The standard InChI is InChI=1S/C26H29FN4O6/c1-16(32)31(26(28)34)17-3-4-23(20(27)13-17)37-22-5-8-29-21-15-25(24(35-2)14-19(21)22)36-12-11-30-9-6-18(33)7-10-30/h3-5,8,13-15,18,33H,6-7,9-12H2,1-2H3,(H2,28,34). The first kappa shape index (κ1) is 26.1. The molecule has 37 heavy (non-hydrogen) atoms. The lowest BCUT2D eigenvalue weighted by molar-refractivity contribution is -0.115. The van der Waals surface area contributed by atoms with Crippen LogP contribution >= 0.6 is 0 Å². The van der Waals surface area contributed by atoms with Gasteiger partial charge in [-0.05, 0) is 37.1 Å². The van der Waals surface area contributed by atoms with Gasteiger partial charge in [-0.3, -0.25) is 14.7 Å². The third-order valence-corrected chi connectivity index (χ3v) is 6.14. The number of halogens is 1. The molecule has 0 aliphatic carbocycles. The van der Waals surface area contributed by atoms with E-state index in [1.807, 2.05) is 0 Å². The summed E-state index contributed by atoms with van der Waals surface area (Å²) in [6, 6.07) is 7.69. The van der Waals surface area contributed by atoms with Crippen LogP contribution in [0.3, 0.4) is 0 Å². The predicted molar refractivity (Wildman–Crippen MR) is 135 cm³/mol. The van der Waals surface area contributed by atoms with Gasteiger partial charge in [0.1, 0.15) is 12.4 Å². The fourth-order valence-corrected chi connectivity index (χ4v) is 4.21. The van der Waals surface area contributed by atoms with Crippen molar-refractivity contribution in [2.75, 3.05) is 38.3 Å². The average Bonchev–Trinajstić information content (AvgIpc) is 2.86. The minimum atomic E-state index is -1.01. The van der Waals surface area contributed by atoms with E-state index < -0.39 is 17.8 Å². The number of nitrogens with zero attached hydrogens (tertiary/aromatic N) is 3. The highest BCUT2D eigenvalue weighted by atomic mass is 19.1. The number of benzene rings is 2. The summed E-state index contributed by atoms with van der Waals surface area (Å²) in [5, 5.41) is 10.2. The Labute approximate surface area is 213 Å². The molecular formula is C26H29FN4O6. The molecule has 0 radical (unpaired) electrons. The van der Waals surface area contributed by atoms with Crippen molar-refractivity contribution in [2.24, 2.45) is 5.73 Å². The molecule has 0 spiro atoms. The Kier molecular flexibility index (Phi) is 8.04. The second kappa shape index (κ2) is 11.4. The summed E-state index contributed by atoms with van der Waals surface area (Å²) >= 11 is 0. The van der Waals surface area contributed by atoms with E-state index in [0.717, 1.165) is 45.5 Å². The average molecular weight is 513 g/mol. The molecule has 0 unspecified atom stereocenters. The number of pyridine rings is 1. The van der Waals surface area contributed by atoms with Crippen molar-refractivity contribution in [2.45, 2.75) is 25.9 Å². The largest absolute Gasteiger partial charge is 0.493 e. The molecule has 10 nitrogen and oxygen atoms in total. The number of imide groups is 1. The zero-order valence-corrected chi connectivity index (χ0v) is 20.6. The minimum absolute atomic E-state index is 0.00590. The number of piperidine rings is 1. The summed E-state index contributed by atoms with van der Waals surface area (Å²) < 4.78 is 32.2. The van der Waals surface area contributed by atoms with E-state index in [0.29, 0.717) is 39.7 Å². The van der Waals surface area contributed by atoms with Crippen LogP contribution in [0.5, 0.6) is 23.0 Å². The molecule has 11 heteroatoms. The highest BCUT2D eigenvalue weighted by Gasteiger charge is 2.20. The first-order valence-corrected chi connectivity index (χ1v) is 11.8. The SMILES string of the molecule is COc1cc2c(Oc3ccc(N(C(C)=O)C(N)=O)cc3F)ccnc2cc1OCCN1CCC(O)CC1. The maximum Gasteiger partial charge on any atom is 0.326 e. The molecule has 0 bridgehead atoms. The number of likely N-dealkylation sites (tertiary alicyclic amines) is 1. The molecule has 3 amide bonds. The van der Waals surface area contributed by atoms with Gasteiger partial charge < -0.3 is 25.1 Å². The number of ether oxygens (including phenoxy) is 3. The van der Waals surface area contributed by atoms with E-state index in [-0.39, 0.29) is 17.5 Å². The maximum atomic E-state index is 14.9. The highest BCUT2D eigenvalue weighted by molar-refractivity contribution is 6.12. The molecule has 1 fully saturated rings. The number of fused-ring (bicyclic) bond motifs is 1. The van der Waals surface area contributed by atoms with Crippen LogP contribution in [0.1, 0.15) is 19.8 Å². The first-order chi connectivity index (χ1) is 17.8. The Balaban J connectivity index is 1.53. The molecule has 1 aromatic heterocycles. The molecule has 0 atom stereocenters. The van der Waals surface area contributed by atoms with Gasteiger partial charge in [-0.25, -0.2) is 14.1 Å². The summed E-state index contributed by atoms with van der Waals surface area (Å²) in [4.78, 5) is 30.5. The Hall–Kier alpha value is -3.96. The van der Waals surface area contributed by atoms with Gasteiger partial charge in [-0.2, -0.15) is 0 Å². The number of hydrogen-bond acceptors (Lipinski definition) is 8. The van der Waals surface area contributed by atoms with E-state index in [9.17, 15) is 19.1 Å². The number of amides is 3. The molecule has 196 valence electrons. The number of anilines is 1. The van der Waals surface area contributed by atoms with Crippen molar-refractivity contribution in [3.8, 4) is 23.0 Å². The van der Waals surface area contributed by atoms with Crippen LogP contribution in [0, 0.1) is 5.82 Å². The van der Waals surface area contributed by atoms with Crippen LogP contribution in [0.15, 0.2) is 42.6 Å². The van der Waals surface area contributed by atoms with Gasteiger partial charge >= 0.3 is 6.03 Å². The van der Waals surface area contributed by atoms with Crippen molar-refractivity contribution in [3.05, 3.63) is 48.4 Å². The second-order valence-electron chi connectivity index (χ2n) is 8.66. The van der Waals surface area contributed by atoms with Crippen LogP contribution in [0.2, 0.25) is 0 Å². The van der Waals surface area contributed by atoms with Gasteiger partial charge in [0.2, 0.25) is 5.91 Å². The molecule has 4 rings (SSSR count). The van der Waals surface area contributed by atoms with Gasteiger partial charge in [-0.1, -0.05) is 0 Å². The Morgan fingerprint density at radius 3 is 2.54 bits per heavy atom. The van der Waals surface area contributed by atoms with Crippen LogP contribution < -0.4 is 24.8 Å². The molecular weight excluding hydrogens is 483 g/mol. The lowest BCUT2D eigenvalue weighted by Crippen LogP contribution is -2.39. The topological polar surface area (TPSA) is 127 Å². The fraction of sp³-hybridized carbons (Fsp3) is 0.346. The summed E-state index contributed by atoms with van der Waals surface area (Å²) in [5.74, 6) is -0.230. The molecule has 2 aromatic carbocycles. The number of rotatable bonds is 8. The van der Waals surface area contributed by atoms with Gasteiger partial charge in [-0.15, -0.1) is 0 Å². The first-order valence-electron chi connectivity index (χ1n) is 11.8. The highest BCUT2D eigenvalue weighted by Crippen LogP contribution is 2.38. The Bertz CT molecular complexity index is 1280. The maximum absolute atomic E-state index is 14.9. The predicted octanol–water partition coefficient (Wildman–Crippen LogP) is 3.44. The number of urea groups is 1. The summed E-state index contributed by atoms with van der Waals surface area (Å²) in [6.07, 6.45) is 2.83. The quantitative estimate of drug-likeness (QED) is 0.470.